The lowest BCUT2D eigenvalue weighted by Crippen LogP contribution is -2.57. The summed E-state index contributed by atoms with van der Waals surface area (Å²) in [5.74, 6) is -7.42. The quantitative estimate of drug-likeness (QED) is 0.0124. The molecule has 6 aromatic rings. The lowest BCUT2D eigenvalue weighted by molar-refractivity contribution is -0.230. The summed E-state index contributed by atoms with van der Waals surface area (Å²) in [6, 6.07) is 31.4. The van der Waals surface area contributed by atoms with Crippen LogP contribution in [0.4, 0.5) is 37.7 Å². The molecule has 6 aromatic carbocycles. The Morgan fingerprint density at radius 2 is 0.907 bits per heavy atom. The van der Waals surface area contributed by atoms with Gasteiger partial charge in [0.25, 0.3) is 0 Å². The molecule has 0 unspecified atom stereocenters. The highest BCUT2D eigenvalue weighted by Crippen LogP contribution is 2.43. The number of nitrogen functional groups attached to an aromatic ring is 2. The Bertz CT molecular complexity index is 2980. The summed E-state index contributed by atoms with van der Waals surface area (Å²) in [5, 5.41) is 24.4. The summed E-state index contributed by atoms with van der Waals surface area (Å²) >= 11 is 0. The zero-order valence-electron chi connectivity index (χ0n) is 39.9. The van der Waals surface area contributed by atoms with Gasteiger partial charge in [0.2, 0.25) is 11.6 Å². The van der Waals surface area contributed by atoms with Gasteiger partial charge in [-0.1, -0.05) is 60.7 Å². The van der Waals surface area contributed by atoms with Crippen molar-refractivity contribution in [1.29, 1.82) is 0 Å². The number of ketones is 2. The Balaban J connectivity index is 1.20. The maximum absolute atomic E-state index is 14.2. The molecule has 0 saturated carbocycles. The topological polar surface area (TPSA) is 216 Å². The van der Waals surface area contributed by atoms with Gasteiger partial charge in [-0.25, -0.2) is 9.59 Å². The zero-order valence-corrected chi connectivity index (χ0v) is 39.9. The van der Waals surface area contributed by atoms with Crippen molar-refractivity contribution in [2.45, 2.75) is 37.4 Å². The molecule has 0 aliphatic carbocycles. The molecule has 0 spiro atoms. The van der Waals surface area contributed by atoms with Crippen molar-refractivity contribution in [2.75, 3.05) is 38.9 Å². The number of alkyl halides is 6. The molecule has 0 aromatic heterocycles. The molecule has 392 valence electrons. The molecule has 0 amide bonds. The fourth-order valence-electron chi connectivity index (χ4n) is 7.51. The van der Waals surface area contributed by atoms with E-state index in [1.54, 1.807) is 48.5 Å². The molecule has 14 nitrogen and oxygen atoms in total. The Morgan fingerprint density at radius 3 is 1.28 bits per heavy atom. The summed E-state index contributed by atoms with van der Waals surface area (Å²) in [7, 11) is 2.38. The number of hydrogen-bond donors (Lipinski definition) is 4. The van der Waals surface area contributed by atoms with Crippen molar-refractivity contribution >= 4 is 47.0 Å². The van der Waals surface area contributed by atoms with Crippen molar-refractivity contribution in [3.63, 3.8) is 0 Å². The molecule has 0 radical (unpaired) electrons. The number of nitrogens with two attached hydrogens (primary N) is 2. The van der Waals surface area contributed by atoms with Gasteiger partial charge in [0.1, 0.15) is 11.5 Å². The van der Waals surface area contributed by atoms with E-state index in [0.717, 1.165) is 30.3 Å². The van der Waals surface area contributed by atoms with Gasteiger partial charge >= 0.3 is 24.3 Å². The molecule has 0 atom stereocenters. The number of allylic oxidation sites excluding steroid dienone is 1. The minimum Gasteiger partial charge on any atom is -0.493 e. The molecule has 20 heteroatoms. The second-order valence-corrected chi connectivity index (χ2v) is 16.9. The van der Waals surface area contributed by atoms with Gasteiger partial charge in [-0.05, 0) is 132 Å². The number of hydrogen-bond acceptors (Lipinski definition) is 14. The van der Waals surface area contributed by atoms with E-state index in [4.69, 9.17) is 39.9 Å². The number of benzene rings is 6. The lowest BCUT2D eigenvalue weighted by Gasteiger charge is -2.42. The number of methoxy groups -OCH3 is 2. The molecule has 0 fully saturated rings. The number of ether oxygens (including phenoxy) is 6. The average molecular weight is 1040 g/mol. The highest BCUT2D eigenvalue weighted by Gasteiger charge is 2.54. The second kappa shape index (κ2) is 23.9. The van der Waals surface area contributed by atoms with Crippen LogP contribution < -0.4 is 39.9 Å². The summed E-state index contributed by atoms with van der Waals surface area (Å²) in [6.07, 6.45) is -5.42. The molecule has 6 N–H and O–H groups in total. The van der Waals surface area contributed by atoms with E-state index in [9.17, 15) is 55.7 Å². The van der Waals surface area contributed by atoms with Gasteiger partial charge in [-0.15, -0.1) is 0 Å². The minimum absolute atomic E-state index is 0.0416. The van der Waals surface area contributed by atoms with E-state index in [1.807, 2.05) is 0 Å². The predicted octanol–water partition coefficient (Wildman–Crippen LogP) is 9.60. The molecule has 0 saturated heterocycles. The molecular formula is C55H48F6N2O12. The molecule has 0 heterocycles. The van der Waals surface area contributed by atoms with E-state index < -0.39 is 66.7 Å². The summed E-state index contributed by atoms with van der Waals surface area (Å²) in [5.41, 5.74) is 12.5. The summed E-state index contributed by atoms with van der Waals surface area (Å²) in [4.78, 5) is 54.2. The number of anilines is 2. The normalized spacial score (nSPS) is 12.1. The average Bonchev–Trinajstić information content (AvgIpc) is 3.37. The van der Waals surface area contributed by atoms with Crippen LogP contribution in [0.1, 0.15) is 49.4 Å². The Labute approximate surface area is 425 Å². The number of rotatable bonds is 22. The molecule has 0 aliphatic rings. The van der Waals surface area contributed by atoms with Crippen LogP contribution in [0, 0.1) is 5.41 Å². The van der Waals surface area contributed by atoms with Crippen molar-refractivity contribution in [2.24, 2.45) is 5.41 Å². The number of halogens is 6. The molecular weight excluding hydrogens is 995 g/mol. The predicted molar refractivity (Wildman–Crippen MR) is 263 cm³/mol. The zero-order chi connectivity index (χ0) is 54.6. The van der Waals surface area contributed by atoms with Crippen molar-refractivity contribution < 1.29 is 84.2 Å². The number of aliphatic hydroxyl groups is 2. The Morgan fingerprint density at radius 1 is 0.520 bits per heavy atom. The largest absolute Gasteiger partial charge is 0.493 e. The minimum atomic E-state index is -4.61. The third-order valence-electron chi connectivity index (χ3n) is 11.3. The van der Waals surface area contributed by atoms with Crippen LogP contribution in [0.3, 0.4) is 0 Å². The highest BCUT2D eigenvalue weighted by atomic mass is 19.4. The van der Waals surface area contributed by atoms with Crippen LogP contribution in [-0.2, 0) is 22.4 Å². The fraction of sp³-hybridized carbons (Fsp3) is 0.200. The first kappa shape index (κ1) is 55.7. The second-order valence-electron chi connectivity index (χ2n) is 16.9. The van der Waals surface area contributed by atoms with Gasteiger partial charge in [-0.2, -0.15) is 26.3 Å². The van der Waals surface area contributed by atoms with Crippen LogP contribution in [-0.4, -0.2) is 79.3 Å². The third-order valence-corrected chi connectivity index (χ3v) is 11.3. The molecule has 0 bridgehead atoms. The van der Waals surface area contributed by atoms with Gasteiger partial charge in [0, 0.05) is 23.2 Å². The van der Waals surface area contributed by atoms with Crippen molar-refractivity contribution in [3.05, 3.63) is 179 Å². The third kappa shape index (κ3) is 15.7. The molecule has 6 rings (SSSR count). The standard InChI is InChI=1S/C55H48F6N2O12/c1-70-47-27-38(13-24-45(47)72-32-53(56,57)58)50(66)74-43-20-8-34(9-21-43)7-19-42(64)31-52(29-36-3-15-40(62)16-4-36,30-37-5-17-41(63)18-6-37)55(68,69)49(65)26-12-35-10-22-44(23-11-35)75-51(67)39-14-25-46(48(28-39)71-2)73-33-54(59,60)61/h3-28,68-69H,29-33,62-63H2,1-2H3. The van der Waals surface area contributed by atoms with Crippen molar-refractivity contribution in [1.82, 2.24) is 0 Å². The fourth-order valence-corrected chi connectivity index (χ4v) is 7.51. The van der Waals surface area contributed by atoms with Crippen molar-refractivity contribution in [3.8, 4) is 34.5 Å². The van der Waals surface area contributed by atoms with Crippen LogP contribution in [0.15, 0.2) is 146 Å². The van der Waals surface area contributed by atoms with Crippen LogP contribution in [0.5, 0.6) is 34.5 Å². The van der Waals surface area contributed by atoms with Gasteiger partial charge < -0.3 is 50.1 Å². The van der Waals surface area contributed by atoms with E-state index in [2.05, 4.69) is 0 Å². The van der Waals surface area contributed by atoms with Crippen LogP contribution in [0.2, 0.25) is 0 Å². The van der Waals surface area contributed by atoms with E-state index in [0.29, 0.717) is 33.6 Å². The first-order valence-corrected chi connectivity index (χ1v) is 22.4. The maximum Gasteiger partial charge on any atom is 0.422 e. The maximum atomic E-state index is 14.2. The van der Waals surface area contributed by atoms with Gasteiger partial charge in [0.15, 0.2) is 42.0 Å². The molecule has 0 aliphatic heterocycles. The van der Waals surface area contributed by atoms with Crippen LogP contribution >= 0.6 is 0 Å². The number of carbonyl (C=O) groups is 4. The Kier molecular flexibility index (Phi) is 17.8. The smallest absolute Gasteiger partial charge is 0.422 e. The molecule has 75 heavy (non-hydrogen) atoms. The van der Waals surface area contributed by atoms with E-state index in [-0.39, 0.29) is 58.5 Å². The lowest BCUT2D eigenvalue weighted by atomic mass is 9.65. The van der Waals surface area contributed by atoms with E-state index in [1.165, 1.54) is 93.1 Å². The first-order chi connectivity index (χ1) is 35.4. The highest BCUT2D eigenvalue weighted by molar-refractivity contribution is 6.01. The SMILES string of the molecule is COc1cc(C(=O)Oc2ccc(C=CC(=O)CC(Cc3ccc(N)cc3)(Cc3ccc(N)cc3)C(O)(O)C(=O)C=Cc3ccc(OC(=O)c4ccc(OCC(F)(F)F)c(OC)c4)cc3)cc2)ccc1OCC(F)(F)F. The van der Waals surface area contributed by atoms with E-state index >= 15 is 0 Å². The van der Waals surface area contributed by atoms with Gasteiger partial charge in [-0.3, -0.25) is 9.59 Å². The monoisotopic (exact) mass is 1040 g/mol. The summed E-state index contributed by atoms with van der Waals surface area (Å²) < 4.78 is 107. The van der Waals surface area contributed by atoms with Crippen LogP contribution in [0.25, 0.3) is 12.2 Å². The Hall–Kier alpha value is -8.62. The number of esters is 2. The number of carbonyl (C=O) groups excluding carboxylic acids is 4. The first-order valence-electron chi connectivity index (χ1n) is 22.4. The van der Waals surface area contributed by atoms with Gasteiger partial charge in [0.05, 0.1) is 25.3 Å². The summed E-state index contributed by atoms with van der Waals surface area (Å²) in [6.45, 7) is -3.15.